The molecular weight excluding hydrogens is 410 g/mol. The molecule has 3 aromatic rings. The van der Waals surface area contributed by atoms with Crippen molar-refractivity contribution in [1.29, 1.82) is 0 Å². The lowest BCUT2D eigenvalue weighted by atomic mass is 9.72. The van der Waals surface area contributed by atoms with E-state index in [0.29, 0.717) is 6.54 Å². The van der Waals surface area contributed by atoms with Crippen LogP contribution < -0.4 is 10.2 Å². The van der Waals surface area contributed by atoms with Crippen LogP contribution in [-0.2, 0) is 29.7 Å². The first kappa shape index (κ1) is 20.2. The molecule has 31 heavy (non-hydrogen) atoms. The van der Waals surface area contributed by atoms with Crippen molar-refractivity contribution in [3.05, 3.63) is 70.0 Å². The molecule has 2 aromatic carbocycles. The van der Waals surface area contributed by atoms with E-state index in [9.17, 15) is 4.79 Å². The summed E-state index contributed by atoms with van der Waals surface area (Å²) in [4.78, 5) is 14.6. The van der Waals surface area contributed by atoms with Crippen molar-refractivity contribution < 1.29 is 4.79 Å². The number of aromatic nitrogens is 3. The van der Waals surface area contributed by atoms with Gasteiger partial charge in [0.05, 0.1) is 17.6 Å². The van der Waals surface area contributed by atoms with E-state index in [0.717, 1.165) is 66.9 Å². The van der Waals surface area contributed by atoms with Crippen LogP contribution in [0.4, 0.5) is 5.95 Å². The van der Waals surface area contributed by atoms with Crippen LogP contribution in [0.15, 0.2) is 42.5 Å². The van der Waals surface area contributed by atoms with Gasteiger partial charge >= 0.3 is 0 Å². The molecule has 0 bridgehead atoms. The van der Waals surface area contributed by atoms with Gasteiger partial charge in [-0.2, -0.15) is 0 Å². The number of anilines is 1. The van der Waals surface area contributed by atoms with Crippen molar-refractivity contribution in [3.63, 3.8) is 0 Å². The van der Waals surface area contributed by atoms with Crippen LogP contribution in [0.3, 0.4) is 0 Å². The standard InChI is InChI=1S/C24H26ClN5O/c1-2-17-5-3-4-6-20(17)24(16-31)9-11-29(12-10-24)23-28-27-22-15-26-14-18-13-19(25)7-8-21(18)30(22)23/h3-8,13,16,26H,2,9-12,14-15H2,1H3. The van der Waals surface area contributed by atoms with Crippen LogP contribution in [0.25, 0.3) is 5.69 Å². The Hall–Kier alpha value is -2.70. The third-order valence-electron chi connectivity index (χ3n) is 6.69. The average molecular weight is 436 g/mol. The van der Waals surface area contributed by atoms with Crippen molar-refractivity contribution in [2.24, 2.45) is 0 Å². The highest BCUT2D eigenvalue weighted by Gasteiger charge is 2.38. The summed E-state index contributed by atoms with van der Waals surface area (Å²) in [7, 11) is 0. The number of aryl methyl sites for hydroxylation is 1. The average Bonchev–Trinajstić information content (AvgIpc) is 3.14. The van der Waals surface area contributed by atoms with Crippen molar-refractivity contribution in [2.45, 2.75) is 44.7 Å². The molecule has 6 nitrogen and oxygen atoms in total. The van der Waals surface area contributed by atoms with Gasteiger partial charge in [0.25, 0.3) is 0 Å². The number of hydrogen-bond acceptors (Lipinski definition) is 5. The van der Waals surface area contributed by atoms with Crippen molar-refractivity contribution in [3.8, 4) is 5.69 Å². The molecule has 0 radical (unpaired) electrons. The van der Waals surface area contributed by atoms with Gasteiger partial charge in [0.2, 0.25) is 5.95 Å². The van der Waals surface area contributed by atoms with E-state index in [4.69, 9.17) is 11.6 Å². The molecule has 1 fully saturated rings. The molecule has 0 aliphatic carbocycles. The molecule has 5 rings (SSSR count). The topological polar surface area (TPSA) is 63.1 Å². The van der Waals surface area contributed by atoms with Crippen LogP contribution in [-0.4, -0.2) is 34.1 Å². The van der Waals surface area contributed by atoms with Crippen LogP contribution >= 0.6 is 11.6 Å². The number of rotatable bonds is 4. The minimum absolute atomic E-state index is 0.433. The molecular formula is C24H26ClN5O. The highest BCUT2D eigenvalue weighted by atomic mass is 35.5. The van der Waals surface area contributed by atoms with E-state index in [1.165, 1.54) is 17.4 Å². The fraction of sp³-hybridized carbons (Fsp3) is 0.375. The quantitative estimate of drug-likeness (QED) is 0.631. The molecule has 3 heterocycles. The van der Waals surface area contributed by atoms with Gasteiger partial charge in [0.1, 0.15) is 6.29 Å². The number of aldehydes is 1. The Labute approximate surface area is 187 Å². The van der Waals surface area contributed by atoms with Crippen LogP contribution in [0, 0.1) is 0 Å². The highest BCUT2D eigenvalue weighted by molar-refractivity contribution is 6.30. The molecule has 1 saturated heterocycles. The predicted octanol–water partition coefficient (Wildman–Crippen LogP) is 3.82. The Morgan fingerprint density at radius 1 is 1.13 bits per heavy atom. The number of nitrogens with one attached hydrogen (secondary N) is 1. The number of carbonyl (C=O) groups is 1. The van der Waals surface area contributed by atoms with E-state index in [2.05, 4.69) is 50.1 Å². The van der Waals surface area contributed by atoms with Crippen LogP contribution in [0.2, 0.25) is 5.02 Å². The lowest BCUT2D eigenvalue weighted by molar-refractivity contribution is -0.113. The van der Waals surface area contributed by atoms with E-state index in [1.54, 1.807) is 0 Å². The van der Waals surface area contributed by atoms with Crippen molar-refractivity contribution in [1.82, 2.24) is 20.1 Å². The van der Waals surface area contributed by atoms with Crippen molar-refractivity contribution in [2.75, 3.05) is 18.0 Å². The van der Waals surface area contributed by atoms with E-state index in [1.807, 2.05) is 24.3 Å². The van der Waals surface area contributed by atoms with Gasteiger partial charge in [0.15, 0.2) is 5.82 Å². The second-order valence-electron chi connectivity index (χ2n) is 8.40. The largest absolute Gasteiger partial charge is 0.341 e. The maximum atomic E-state index is 12.3. The fourth-order valence-electron chi connectivity index (χ4n) is 4.97. The lowest BCUT2D eigenvalue weighted by Crippen LogP contribution is -2.45. The van der Waals surface area contributed by atoms with E-state index in [-0.39, 0.29) is 0 Å². The van der Waals surface area contributed by atoms with E-state index < -0.39 is 5.41 Å². The Bertz CT molecular complexity index is 1120. The zero-order valence-corrected chi connectivity index (χ0v) is 18.4. The SMILES string of the molecule is CCc1ccccc1C1(C=O)CCN(c2nnc3n2-c2ccc(Cl)cc2CNC3)CC1. The Kier molecular flexibility index (Phi) is 5.28. The molecule has 2 aliphatic rings. The molecule has 0 unspecified atom stereocenters. The summed E-state index contributed by atoms with van der Waals surface area (Å²) in [6, 6.07) is 14.3. The molecule has 1 N–H and O–H groups in total. The van der Waals surface area contributed by atoms with Gasteiger partial charge in [-0.1, -0.05) is 42.8 Å². The third kappa shape index (κ3) is 3.44. The number of carbonyl (C=O) groups excluding carboxylic acids is 1. The highest BCUT2D eigenvalue weighted by Crippen LogP contribution is 2.38. The summed E-state index contributed by atoms with van der Waals surface area (Å²) in [6.45, 7) is 5.04. The molecule has 0 saturated carbocycles. The number of piperidine rings is 1. The van der Waals surface area contributed by atoms with Gasteiger partial charge in [-0.25, -0.2) is 0 Å². The first-order valence-electron chi connectivity index (χ1n) is 10.9. The molecule has 7 heteroatoms. The minimum Gasteiger partial charge on any atom is -0.341 e. The smallest absolute Gasteiger partial charge is 0.231 e. The van der Waals surface area contributed by atoms with Crippen molar-refractivity contribution >= 4 is 23.8 Å². The first-order chi connectivity index (χ1) is 15.1. The van der Waals surface area contributed by atoms with Gasteiger partial charge < -0.3 is 15.0 Å². The molecule has 2 aliphatic heterocycles. The van der Waals surface area contributed by atoms with Crippen LogP contribution in [0.1, 0.15) is 42.3 Å². The second kappa shape index (κ2) is 8.09. The fourth-order valence-corrected chi connectivity index (χ4v) is 5.16. The summed E-state index contributed by atoms with van der Waals surface area (Å²) in [5, 5.41) is 13.1. The maximum absolute atomic E-state index is 12.3. The number of benzene rings is 2. The maximum Gasteiger partial charge on any atom is 0.231 e. The first-order valence-corrected chi connectivity index (χ1v) is 11.3. The number of fused-ring (bicyclic) bond motifs is 3. The minimum atomic E-state index is -0.433. The third-order valence-corrected chi connectivity index (χ3v) is 6.93. The number of hydrogen-bond donors (Lipinski definition) is 1. The second-order valence-corrected chi connectivity index (χ2v) is 8.84. The summed E-state index contributed by atoms with van der Waals surface area (Å²) in [6.07, 6.45) is 3.63. The Morgan fingerprint density at radius 2 is 1.94 bits per heavy atom. The molecule has 0 spiro atoms. The van der Waals surface area contributed by atoms with Gasteiger partial charge in [-0.3, -0.25) is 4.57 Å². The summed E-state index contributed by atoms with van der Waals surface area (Å²) >= 11 is 6.24. The Balaban J connectivity index is 1.47. The molecule has 0 atom stereocenters. The predicted molar refractivity (Wildman–Crippen MR) is 122 cm³/mol. The number of halogens is 1. The summed E-state index contributed by atoms with van der Waals surface area (Å²) < 4.78 is 2.14. The zero-order valence-electron chi connectivity index (χ0n) is 17.6. The zero-order chi connectivity index (χ0) is 21.4. The molecule has 1 aromatic heterocycles. The lowest BCUT2D eigenvalue weighted by Gasteiger charge is -2.39. The number of nitrogens with zero attached hydrogens (tertiary/aromatic N) is 4. The summed E-state index contributed by atoms with van der Waals surface area (Å²) in [5.41, 5.74) is 4.20. The molecule has 0 amide bonds. The van der Waals surface area contributed by atoms with Gasteiger partial charge in [-0.15, -0.1) is 10.2 Å². The monoisotopic (exact) mass is 435 g/mol. The normalized spacial score (nSPS) is 17.5. The van der Waals surface area contributed by atoms with Crippen LogP contribution in [0.5, 0.6) is 0 Å². The van der Waals surface area contributed by atoms with Gasteiger partial charge in [0, 0.05) is 24.7 Å². The van der Waals surface area contributed by atoms with Gasteiger partial charge in [-0.05, 0) is 54.2 Å². The van der Waals surface area contributed by atoms with E-state index >= 15 is 0 Å². The summed E-state index contributed by atoms with van der Waals surface area (Å²) in [5.74, 6) is 1.73. The molecule has 160 valence electrons. The Morgan fingerprint density at radius 3 is 2.71 bits per heavy atom.